The minimum absolute atomic E-state index is 0.581. The Bertz CT molecular complexity index is 3860. The van der Waals surface area contributed by atoms with E-state index in [0.29, 0.717) is 17.6 Å². The Labute approximate surface area is 365 Å². The molecule has 0 spiro atoms. The van der Waals surface area contributed by atoms with Crippen LogP contribution >= 0.6 is 11.3 Å². The van der Waals surface area contributed by atoms with Gasteiger partial charge < -0.3 is 4.57 Å². The van der Waals surface area contributed by atoms with Gasteiger partial charge in [-0.3, -0.25) is 9.55 Å². The largest absolute Gasteiger partial charge is 0.309 e. The van der Waals surface area contributed by atoms with Crippen molar-refractivity contribution in [1.82, 2.24) is 29.1 Å². The van der Waals surface area contributed by atoms with Gasteiger partial charge in [0.15, 0.2) is 11.6 Å². The number of aromatic nitrogens is 6. The smallest absolute Gasteiger partial charge is 0.238 e. The third-order valence-electron chi connectivity index (χ3n) is 12.2. The Morgan fingerprint density at radius 3 is 1.52 bits per heavy atom. The van der Waals surface area contributed by atoms with E-state index >= 15 is 0 Å². The number of pyridine rings is 1. The minimum atomic E-state index is 0.581. The zero-order valence-electron chi connectivity index (χ0n) is 33.7. The lowest BCUT2D eigenvalue weighted by Crippen LogP contribution is -2.06. The van der Waals surface area contributed by atoms with Crippen molar-refractivity contribution in [2.75, 3.05) is 0 Å². The number of hydrogen-bond donors (Lipinski definition) is 0. The maximum Gasteiger partial charge on any atom is 0.238 e. The first-order chi connectivity index (χ1) is 31.2. The predicted molar refractivity (Wildman–Crippen MR) is 261 cm³/mol. The zero-order chi connectivity index (χ0) is 41.4. The summed E-state index contributed by atoms with van der Waals surface area (Å²) in [6.07, 6.45) is 1.88. The van der Waals surface area contributed by atoms with Crippen LogP contribution in [-0.4, -0.2) is 29.1 Å². The monoisotopic (exact) mass is 822 g/mol. The second-order valence-electron chi connectivity index (χ2n) is 15.9. The summed E-state index contributed by atoms with van der Waals surface area (Å²) in [5.41, 5.74) is 13.1. The zero-order valence-corrected chi connectivity index (χ0v) is 34.5. The van der Waals surface area contributed by atoms with E-state index in [4.69, 9.17) is 19.9 Å². The van der Waals surface area contributed by atoms with Gasteiger partial charge in [-0.1, -0.05) is 127 Å². The second-order valence-corrected chi connectivity index (χ2v) is 17.0. The summed E-state index contributed by atoms with van der Waals surface area (Å²) in [4.78, 5) is 19.9. The van der Waals surface area contributed by atoms with Gasteiger partial charge in [-0.2, -0.15) is 9.97 Å². The van der Waals surface area contributed by atoms with Gasteiger partial charge in [0.1, 0.15) is 0 Å². The summed E-state index contributed by atoms with van der Waals surface area (Å²) in [5, 5.41) is 5.89. The van der Waals surface area contributed by atoms with Crippen molar-refractivity contribution in [3.8, 4) is 56.7 Å². The highest BCUT2D eigenvalue weighted by Crippen LogP contribution is 2.40. The van der Waals surface area contributed by atoms with E-state index in [1.165, 1.54) is 42.2 Å². The molecule has 8 aromatic carbocycles. The normalized spacial score (nSPS) is 11.8. The number of benzene rings is 8. The van der Waals surface area contributed by atoms with Crippen LogP contribution in [-0.2, 0) is 0 Å². The molecule has 0 saturated carbocycles. The average Bonchev–Trinajstić information content (AvgIpc) is 4.01. The molecule has 0 aliphatic heterocycles. The lowest BCUT2D eigenvalue weighted by molar-refractivity contribution is 0.953. The molecule has 63 heavy (non-hydrogen) atoms. The second kappa shape index (κ2) is 14.2. The maximum absolute atomic E-state index is 5.12. The van der Waals surface area contributed by atoms with Crippen LogP contribution in [0, 0.1) is 0 Å². The molecule has 0 bridgehead atoms. The number of para-hydroxylation sites is 2. The highest BCUT2D eigenvalue weighted by atomic mass is 32.1. The number of rotatable bonds is 6. The first-order valence-electron chi connectivity index (χ1n) is 21.0. The summed E-state index contributed by atoms with van der Waals surface area (Å²) in [7, 11) is 0. The predicted octanol–water partition coefficient (Wildman–Crippen LogP) is 14.5. The van der Waals surface area contributed by atoms with Gasteiger partial charge >= 0.3 is 0 Å². The number of fused-ring (bicyclic) bond motifs is 9. The summed E-state index contributed by atoms with van der Waals surface area (Å²) < 4.78 is 7.04. The summed E-state index contributed by atoms with van der Waals surface area (Å²) in [5.74, 6) is 1.84. The van der Waals surface area contributed by atoms with E-state index in [-0.39, 0.29) is 0 Å². The van der Waals surface area contributed by atoms with Crippen molar-refractivity contribution in [2.45, 2.75) is 0 Å². The molecule has 294 valence electrons. The van der Waals surface area contributed by atoms with Crippen LogP contribution in [0.1, 0.15) is 0 Å². The van der Waals surface area contributed by atoms with E-state index < -0.39 is 0 Å². The van der Waals surface area contributed by atoms with Crippen LogP contribution in [0.25, 0.3) is 121 Å². The third kappa shape index (κ3) is 5.78. The van der Waals surface area contributed by atoms with Gasteiger partial charge in [0, 0.05) is 54.6 Å². The molecule has 0 aliphatic carbocycles. The first kappa shape index (κ1) is 35.5. The third-order valence-corrected chi connectivity index (χ3v) is 13.4. The Hall–Kier alpha value is -8.26. The highest BCUT2D eigenvalue weighted by molar-refractivity contribution is 7.25. The first-order valence-corrected chi connectivity index (χ1v) is 21.9. The topological polar surface area (TPSA) is 61.4 Å². The average molecular weight is 823 g/mol. The standard InChI is InChI=1S/C56H34N6S/c1-3-13-35(14-4-1)54-58-55(36-15-5-2-6-16-36)60-56(59-54)62-48-22-10-8-20-43(48)45-33-39(25-28-50(45)62)38-24-27-49-44(32-38)42-19-7-9-21-47(42)61(49)41-18-11-17-37(31-41)40-26-29-51-46(34-40)53-52(63-51)23-12-30-57-53/h1-34H. The van der Waals surface area contributed by atoms with Crippen molar-refractivity contribution in [2.24, 2.45) is 0 Å². The van der Waals surface area contributed by atoms with Crippen LogP contribution in [0.4, 0.5) is 0 Å². The van der Waals surface area contributed by atoms with Crippen LogP contribution in [0.2, 0.25) is 0 Å². The maximum atomic E-state index is 5.12. The molecule has 13 aromatic rings. The van der Waals surface area contributed by atoms with E-state index in [0.717, 1.165) is 60.8 Å². The number of hydrogen-bond acceptors (Lipinski definition) is 5. The van der Waals surface area contributed by atoms with Gasteiger partial charge in [0.2, 0.25) is 5.95 Å². The van der Waals surface area contributed by atoms with E-state index in [2.05, 4.69) is 143 Å². The molecule has 6 nitrogen and oxygen atoms in total. The minimum Gasteiger partial charge on any atom is -0.309 e. The fourth-order valence-corrected chi connectivity index (χ4v) is 10.3. The summed E-state index contributed by atoms with van der Waals surface area (Å²) in [6, 6.07) is 71.0. The highest BCUT2D eigenvalue weighted by Gasteiger charge is 2.20. The molecular formula is C56H34N6S. The molecule has 0 saturated heterocycles. The molecular weight excluding hydrogens is 789 g/mol. The van der Waals surface area contributed by atoms with Crippen LogP contribution in [0.3, 0.4) is 0 Å². The Kier molecular flexibility index (Phi) is 7.98. The van der Waals surface area contributed by atoms with Gasteiger partial charge in [-0.25, -0.2) is 4.98 Å². The van der Waals surface area contributed by atoms with E-state index in [9.17, 15) is 0 Å². The molecule has 0 atom stereocenters. The molecule has 0 N–H and O–H groups in total. The molecule has 0 fully saturated rings. The Morgan fingerprint density at radius 1 is 0.333 bits per heavy atom. The van der Waals surface area contributed by atoms with Crippen LogP contribution in [0.15, 0.2) is 206 Å². The molecule has 0 amide bonds. The van der Waals surface area contributed by atoms with Crippen molar-refractivity contribution in [3.05, 3.63) is 206 Å². The quantitative estimate of drug-likeness (QED) is 0.168. The molecule has 7 heteroatoms. The molecule has 5 heterocycles. The fourth-order valence-electron chi connectivity index (χ4n) is 9.30. The van der Waals surface area contributed by atoms with Gasteiger partial charge in [0.25, 0.3) is 0 Å². The summed E-state index contributed by atoms with van der Waals surface area (Å²) in [6.45, 7) is 0. The van der Waals surface area contributed by atoms with Gasteiger partial charge in [0.05, 0.1) is 32.3 Å². The molecule has 0 unspecified atom stereocenters. The SMILES string of the molecule is c1ccc(-c2nc(-c3ccccc3)nc(-n3c4ccccc4c4cc(-c5ccc6c(c5)c5ccccc5n6-c5cccc(-c6ccc7sc8cccnc8c7c6)c5)ccc43)n2)cc1. The Balaban J connectivity index is 0.938. The Morgan fingerprint density at radius 2 is 0.857 bits per heavy atom. The van der Waals surface area contributed by atoms with Crippen LogP contribution in [0.5, 0.6) is 0 Å². The molecule has 13 rings (SSSR count). The van der Waals surface area contributed by atoms with Crippen molar-refractivity contribution in [3.63, 3.8) is 0 Å². The van der Waals surface area contributed by atoms with Gasteiger partial charge in [-0.15, -0.1) is 11.3 Å². The summed E-state index contributed by atoms with van der Waals surface area (Å²) >= 11 is 1.79. The van der Waals surface area contributed by atoms with E-state index in [1.54, 1.807) is 11.3 Å². The number of thiophene rings is 1. The van der Waals surface area contributed by atoms with Crippen molar-refractivity contribution < 1.29 is 0 Å². The number of nitrogens with zero attached hydrogens (tertiary/aromatic N) is 6. The fraction of sp³-hybridized carbons (Fsp3) is 0. The van der Waals surface area contributed by atoms with Crippen molar-refractivity contribution >= 4 is 75.3 Å². The molecule has 0 aliphatic rings. The lowest BCUT2D eigenvalue weighted by atomic mass is 10.0. The molecule has 5 aromatic heterocycles. The van der Waals surface area contributed by atoms with Gasteiger partial charge in [-0.05, 0) is 95.1 Å². The van der Waals surface area contributed by atoms with Crippen molar-refractivity contribution in [1.29, 1.82) is 0 Å². The molecule has 0 radical (unpaired) electrons. The lowest BCUT2D eigenvalue weighted by Gasteiger charge is -2.11. The van der Waals surface area contributed by atoms with Crippen LogP contribution < -0.4 is 0 Å². The van der Waals surface area contributed by atoms with E-state index in [1.807, 2.05) is 72.9 Å².